The Kier molecular flexibility index (Phi) is 5.61. The van der Waals surface area contributed by atoms with Crippen LogP contribution in [0.5, 0.6) is 0 Å². The molecule has 1 amide bonds. The van der Waals surface area contributed by atoms with Crippen LogP contribution < -0.4 is 0 Å². The smallest absolute Gasteiger partial charge is 0.410 e. The van der Waals surface area contributed by atoms with E-state index in [0.29, 0.717) is 41.6 Å². The average Bonchev–Trinajstić information content (AvgIpc) is 3.49. The Balaban J connectivity index is 1.16. The normalized spacial score (nSPS) is 13.6. The average molecular weight is 484 g/mol. The lowest BCUT2D eigenvalue weighted by Gasteiger charge is -2.36. The number of ether oxygens (including phenoxy) is 1. The number of halogens is 1. The number of aromatic amines is 1. The molecule has 180 valence electrons. The number of aromatic nitrogens is 6. The number of hydrogen-bond acceptors (Lipinski definition) is 6. The molecule has 36 heavy (non-hydrogen) atoms. The third-order valence-corrected chi connectivity index (χ3v) is 6.23. The fourth-order valence-electron chi connectivity index (χ4n) is 4.25. The third kappa shape index (κ3) is 4.17. The molecule has 0 atom stereocenters. The van der Waals surface area contributed by atoms with Gasteiger partial charge >= 0.3 is 6.09 Å². The molecule has 1 N–H and O–H groups in total. The Hall–Kier alpha value is -4.60. The maximum absolute atomic E-state index is 14.2. The van der Waals surface area contributed by atoms with Crippen LogP contribution in [0.3, 0.4) is 0 Å². The second-order valence-corrected chi connectivity index (χ2v) is 8.66. The van der Waals surface area contributed by atoms with Gasteiger partial charge in [0.1, 0.15) is 23.9 Å². The lowest BCUT2D eigenvalue weighted by molar-refractivity contribution is 0.0651. The molecule has 0 saturated carbocycles. The van der Waals surface area contributed by atoms with Gasteiger partial charge in [-0.1, -0.05) is 48.5 Å². The number of H-pyrrole nitrogens is 1. The summed E-state index contributed by atoms with van der Waals surface area (Å²) >= 11 is 0. The number of rotatable bonds is 6. The van der Waals surface area contributed by atoms with E-state index in [1.54, 1.807) is 34.0 Å². The number of carbonyl (C=O) groups excluding carboxylic acids is 1. The fraction of sp³-hybridized carbons (Fsp3) is 0.192. The first-order chi connectivity index (χ1) is 17.7. The molecule has 5 aromatic rings. The fourth-order valence-corrected chi connectivity index (χ4v) is 4.25. The van der Waals surface area contributed by atoms with Crippen LogP contribution in [0.25, 0.3) is 22.6 Å². The molecule has 0 spiro atoms. The SMILES string of the molecule is O=C(OCc1ccccc1)N1CC(c2nc(-c3nn(Cc4ccccc4F)c4ncccc34)n[nH]2)C1. The summed E-state index contributed by atoms with van der Waals surface area (Å²) in [6, 6.07) is 19.9. The highest BCUT2D eigenvalue weighted by Gasteiger charge is 2.35. The number of carbonyl (C=O) groups is 1. The van der Waals surface area contributed by atoms with Crippen LogP contribution in [0.4, 0.5) is 9.18 Å². The molecule has 3 aromatic heterocycles. The number of hydrogen-bond donors (Lipinski definition) is 1. The highest BCUT2D eigenvalue weighted by molar-refractivity contribution is 5.89. The van der Waals surface area contributed by atoms with E-state index in [-0.39, 0.29) is 31.0 Å². The lowest BCUT2D eigenvalue weighted by Crippen LogP contribution is -2.49. The molecule has 0 aliphatic carbocycles. The lowest BCUT2D eigenvalue weighted by atomic mass is 10.0. The first kappa shape index (κ1) is 21.9. The molecule has 1 fully saturated rings. The zero-order chi connectivity index (χ0) is 24.5. The highest BCUT2D eigenvalue weighted by Crippen LogP contribution is 2.29. The summed E-state index contributed by atoms with van der Waals surface area (Å²) in [7, 11) is 0. The Bertz CT molecular complexity index is 1530. The second kappa shape index (κ2) is 9.21. The Morgan fingerprint density at radius 3 is 2.69 bits per heavy atom. The van der Waals surface area contributed by atoms with Gasteiger partial charge in [-0.15, -0.1) is 0 Å². The van der Waals surface area contributed by atoms with Crippen molar-refractivity contribution in [1.29, 1.82) is 0 Å². The summed E-state index contributed by atoms with van der Waals surface area (Å²) in [5, 5.41) is 12.8. The minimum Gasteiger partial charge on any atom is -0.445 e. The van der Waals surface area contributed by atoms with Crippen molar-refractivity contribution in [2.45, 2.75) is 19.1 Å². The van der Waals surface area contributed by atoms with Gasteiger partial charge in [0.25, 0.3) is 0 Å². The van der Waals surface area contributed by atoms with Crippen LogP contribution in [0.1, 0.15) is 22.9 Å². The van der Waals surface area contributed by atoms with Gasteiger partial charge in [0.15, 0.2) is 5.65 Å². The number of fused-ring (bicyclic) bond motifs is 1. The second-order valence-electron chi connectivity index (χ2n) is 8.66. The van der Waals surface area contributed by atoms with Crippen LogP contribution in [-0.4, -0.2) is 54.0 Å². The van der Waals surface area contributed by atoms with Gasteiger partial charge in [-0.2, -0.15) is 10.2 Å². The molecule has 0 bridgehead atoms. The van der Waals surface area contributed by atoms with Crippen molar-refractivity contribution in [1.82, 2.24) is 34.8 Å². The third-order valence-electron chi connectivity index (χ3n) is 6.23. The van der Waals surface area contributed by atoms with Crippen molar-refractivity contribution in [3.05, 3.63) is 95.7 Å². The van der Waals surface area contributed by atoms with E-state index in [1.807, 2.05) is 42.5 Å². The molecule has 0 radical (unpaired) electrons. The van der Waals surface area contributed by atoms with Crippen molar-refractivity contribution < 1.29 is 13.9 Å². The van der Waals surface area contributed by atoms with Crippen molar-refractivity contribution in [2.24, 2.45) is 0 Å². The van der Waals surface area contributed by atoms with Gasteiger partial charge in [-0.25, -0.2) is 23.8 Å². The largest absolute Gasteiger partial charge is 0.445 e. The highest BCUT2D eigenvalue weighted by atomic mass is 19.1. The summed E-state index contributed by atoms with van der Waals surface area (Å²) < 4.78 is 21.3. The minimum absolute atomic E-state index is 0.0282. The standard InChI is InChI=1S/C26H22FN7O2/c27-21-11-5-4-9-18(21)15-34-25-20(10-6-12-28-25)22(32-34)24-29-23(30-31-24)19-13-33(14-19)26(35)36-16-17-7-2-1-3-8-17/h1-12,19H,13-16H2,(H,29,30,31). The van der Waals surface area contributed by atoms with Gasteiger partial charge < -0.3 is 9.64 Å². The van der Waals surface area contributed by atoms with E-state index in [9.17, 15) is 9.18 Å². The van der Waals surface area contributed by atoms with E-state index >= 15 is 0 Å². The number of nitrogens with one attached hydrogen (secondary N) is 1. The quantitative estimate of drug-likeness (QED) is 0.390. The van der Waals surface area contributed by atoms with Crippen molar-refractivity contribution in [3.63, 3.8) is 0 Å². The topological polar surface area (TPSA) is 102 Å². The van der Waals surface area contributed by atoms with Crippen LogP contribution >= 0.6 is 0 Å². The van der Waals surface area contributed by atoms with Crippen molar-refractivity contribution in [3.8, 4) is 11.5 Å². The molecule has 0 unspecified atom stereocenters. The van der Waals surface area contributed by atoms with E-state index < -0.39 is 0 Å². The van der Waals surface area contributed by atoms with Gasteiger partial charge in [0.2, 0.25) is 5.82 Å². The number of pyridine rings is 1. The zero-order valence-electron chi connectivity index (χ0n) is 19.2. The van der Waals surface area contributed by atoms with E-state index in [4.69, 9.17) is 4.74 Å². The number of likely N-dealkylation sites (tertiary alicyclic amines) is 1. The van der Waals surface area contributed by atoms with Gasteiger partial charge in [0.05, 0.1) is 17.8 Å². The molecule has 6 rings (SSSR count). The monoisotopic (exact) mass is 483 g/mol. The van der Waals surface area contributed by atoms with E-state index in [0.717, 1.165) is 10.9 Å². The number of benzene rings is 2. The van der Waals surface area contributed by atoms with Crippen molar-refractivity contribution >= 4 is 17.1 Å². The number of amides is 1. The Morgan fingerprint density at radius 2 is 1.86 bits per heavy atom. The molecule has 10 heteroatoms. The summed E-state index contributed by atoms with van der Waals surface area (Å²) in [5.74, 6) is 0.842. The molecule has 1 aliphatic rings. The van der Waals surface area contributed by atoms with Crippen LogP contribution in [0, 0.1) is 5.82 Å². The summed E-state index contributed by atoms with van der Waals surface area (Å²) in [6.45, 7) is 1.46. The first-order valence-corrected chi connectivity index (χ1v) is 11.6. The molecule has 1 saturated heterocycles. The first-order valence-electron chi connectivity index (χ1n) is 11.6. The minimum atomic E-state index is -0.348. The van der Waals surface area contributed by atoms with Gasteiger partial charge in [-0.3, -0.25) is 5.10 Å². The van der Waals surface area contributed by atoms with Gasteiger partial charge in [0, 0.05) is 24.8 Å². The maximum atomic E-state index is 14.2. The molecular weight excluding hydrogens is 461 g/mol. The van der Waals surface area contributed by atoms with Crippen LogP contribution in [0.2, 0.25) is 0 Å². The number of nitrogens with zero attached hydrogens (tertiary/aromatic N) is 6. The maximum Gasteiger partial charge on any atom is 0.410 e. The predicted molar refractivity (Wildman–Crippen MR) is 129 cm³/mol. The summed E-state index contributed by atoms with van der Waals surface area (Å²) in [5.41, 5.74) is 2.65. The summed E-state index contributed by atoms with van der Waals surface area (Å²) in [6.07, 6.45) is 1.33. The van der Waals surface area contributed by atoms with Crippen LogP contribution in [-0.2, 0) is 17.9 Å². The Labute approximate surface area is 205 Å². The predicted octanol–water partition coefficient (Wildman–Crippen LogP) is 4.14. The van der Waals surface area contributed by atoms with E-state index in [2.05, 4.69) is 25.3 Å². The molecule has 9 nitrogen and oxygen atoms in total. The van der Waals surface area contributed by atoms with Crippen LogP contribution in [0.15, 0.2) is 72.9 Å². The molecular formula is C26H22FN7O2. The Morgan fingerprint density at radius 1 is 1.06 bits per heavy atom. The van der Waals surface area contributed by atoms with Crippen molar-refractivity contribution in [2.75, 3.05) is 13.1 Å². The zero-order valence-corrected chi connectivity index (χ0v) is 19.2. The molecule has 2 aromatic carbocycles. The van der Waals surface area contributed by atoms with Gasteiger partial charge in [-0.05, 0) is 23.8 Å². The van der Waals surface area contributed by atoms with E-state index in [1.165, 1.54) is 6.07 Å². The molecule has 1 aliphatic heterocycles. The summed E-state index contributed by atoms with van der Waals surface area (Å²) in [4.78, 5) is 23.1. The molecule has 4 heterocycles.